The van der Waals surface area contributed by atoms with Crippen molar-refractivity contribution < 1.29 is 4.74 Å². The van der Waals surface area contributed by atoms with Gasteiger partial charge in [0.25, 0.3) is 0 Å². The van der Waals surface area contributed by atoms with Gasteiger partial charge in [-0.15, -0.1) is 0 Å². The molecular formula is C7H18N2O. The number of rotatable bonds is 6. The Kier molecular flexibility index (Phi) is 6.91. The zero-order valence-electron chi connectivity index (χ0n) is 6.89. The van der Waals surface area contributed by atoms with Crippen LogP contribution in [0.15, 0.2) is 0 Å². The Hall–Kier alpha value is -0.120. The Morgan fingerprint density at radius 1 is 1.60 bits per heavy atom. The van der Waals surface area contributed by atoms with Crippen molar-refractivity contribution in [1.82, 2.24) is 5.43 Å². The van der Waals surface area contributed by atoms with Gasteiger partial charge in [-0.3, -0.25) is 11.3 Å². The van der Waals surface area contributed by atoms with Crippen molar-refractivity contribution in [3.8, 4) is 0 Å². The lowest BCUT2D eigenvalue weighted by atomic mass is 10.2. The maximum absolute atomic E-state index is 5.20. The van der Waals surface area contributed by atoms with Crippen molar-refractivity contribution in [3.05, 3.63) is 0 Å². The van der Waals surface area contributed by atoms with Gasteiger partial charge in [-0.1, -0.05) is 0 Å². The van der Waals surface area contributed by atoms with E-state index in [9.17, 15) is 0 Å². The zero-order chi connectivity index (χ0) is 7.82. The predicted molar refractivity (Wildman–Crippen MR) is 42.5 cm³/mol. The maximum atomic E-state index is 5.20. The highest BCUT2D eigenvalue weighted by atomic mass is 16.5. The largest absolute Gasteiger partial charge is 0.382 e. The second kappa shape index (κ2) is 6.99. The Balaban J connectivity index is 2.89. The van der Waals surface area contributed by atoms with Crippen molar-refractivity contribution in [2.24, 2.45) is 5.84 Å². The lowest BCUT2D eigenvalue weighted by Gasteiger charge is -2.08. The van der Waals surface area contributed by atoms with Crippen LogP contribution in [-0.2, 0) is 4.74 Å². The Labute approximate surface area is 62.9 Å². The van der Waals surface area contributed by atoms with Crippen molar-refractivity contribution in [2.75, 3.05) is 13.2 Å². The van der Waals surface area contributed by atoms with Crippen molar-refractivity contribution >= 4 is 0 Å². The summed E-state index contributed by atoms with van der Waals surface area (Å²) in [6, 6.07) is 0.403. The monoisotopic (exact) mass is 146 g/mol. The van der Waals surface area contributed by atoms with Crippen LogP contribution in [0.25, 0.3) is 0 Å². The van der Waals surface area contributed by atoms with E-state index in [-0.39, 0.29) is 0 Å². The highest BCUT2D eigenvalue weighted by Gasteiger charge is 1.96. The summed E-state index contributed by atoms with van der Waals surface area (Å²) in [6.07, 6.45) is 2.16. The van der Waals surface area contributed by atoms with E-state index in [2.05, 4.69) is 12.3 Å². The Bertz CT molecular complexity index is 68.6. The summed E-state index contributed by atoms with van der Waals surface area (Å²) >= 11 is 0. The van der Waals surface area contributed by atoms with Crippen molar-refractivity contribution in [3.63, 3.8) is 0 Å². The Morgan fingerprint density at radius 3 is 2.80 bits per heavy atom. The summed E-state index contributed by atoms with van der Waals surface area (Å²) in [5.74, 6) is 5.20. The van der Waals surface area contributed by atoms with Gasteiger partial charge >= 0.3 is 0 Å². The first kappa shape index (κ1) is 9.88. The van der Waals surface area contributed by atoms with Gasteiger partial charge in [-0.2, -0.15) is 0 Å². The third-order valence-electron chi connectivity index (χ3n) is 1.41. The van der Waals surface area contributed by atoms with Crippen LogP contribution in [0.4, 0.5) is 0 Å². The molecule has 0 amide bonds. The van der Waals surface area contributed by atoms with Gasteiger partial charge in [0.1, 0.15) is 0 Å². The summed E-state index contributed by atoms with van der Waals surface area (Å²) < 4.78 is 5.16. The standard InChI is InChI=1S/C7H18N2O/c1-3-10-6-4-5-7(2)9-8/h7,9H,3-6,8H2,1-2H3. The van der Waals surface area contributed by atoms with E-state index < -0.39 is 0 Å². The Morgan fingerprint density at radius 2 is 2.30 bits per heavy atom. The first-order valence-electron chi connectivity index (χ1n) is 3.85. The third-order valence-corrected chi connectivity index (χ3v) is 1.41. The van der Waals surface area contributed by atoms with Gasteiger partial charge in [0.15, 0.2) is 0 Å². The van der Waals surface area contributed by atoms with Crippen LogP contribution < -0.4 is 11.3 Å². The molecule has 0 saturated heterocycles. The molecule has 0 aliphatic rings. The average Bonchev–Trinajstić information content (AvgIpc) is 1.98. The van der Waals surface area contributed by atoms with E-state index in [1.165, 1.54) is 0 Å². The van der Waals surface area contributed by atoms with E-state index in [0.29, 0.717) is 6.04 Å². The molecule has 0 aromatic heterocycles. The molecule has 3 heteroatoms. The fourth-order valence-corrected chi connectivity index (χ4v) is 0.719. The van der Waals surface area contributed by atoms with Crippen LogP contribution in [0.2, 0.25) is 0 Å². The molecule has 1 unspecified atom stereocenters. The van der Waals surface area contributed by atoms with Crippen molar-refractivity contribution in [2.45, 2.75) is 32.7 Å². The molecule has 0 aromatic carbocycles. The zero-order valence-corrected chi connectivity index (χ0v) is 6.89. The molecule has 62 valence electrons. The first-order chi connectivity index (χ1) is 4.81. The highest BCUT2D eigenvalue weighted by molar-refractivity contribution is 4.54. The van der Waals surface area contributed by atoms with E-state index in [0.717, 1.165) is 26.1 Å². The van der Waals surface area contributed by atoms with Gasteiger partial charge in [0.2, 0.25) is 0 Å². The molecule has 1 atom stereocenters. The van der Waals surface area contributed by atoms with Crippen LogP contribution in [0.3, 0.4) is 0 Å². The number of nitrogens with two attached hydrogens (primary N) is 1. The second-order valence-electron chi connectivity index (χ2n) is 2.41. The van der Waals surface area contributed by atoms with Crippen LogP contribution in [-0.4, -0.2) is 19.3 Å². The molecule has 3 nitrogen and oxygen atoms in total. The molecule has 3 N–H and O–H groups in total. The predicted octanol–water partition coefficient (Wildman–Crippen LogP) is 0.655. The smallest absolute Gasteiger partial charge is 0.0466 e. The van der Waals surface area contributed by atoms with E-state index in [1.807, 2.05) is 6.92 Å². The number of hydrazine groups is 1. The number of nitrogens with one attached hydrogen (secondary N) is 1. The molecule has 0 rings (SSSR count). The summed E-state index contributed by atoms with van der Waals surface area (Å²) in [7, 11) is 0. The number of hydrogen-bond donors (Lipinski definition) is 2. The first-order valence-corrected chi connectivity index (χ1v) is 3.85. The number of ether oxygens (including phenoxy) is 1. The summed E-state index contributed by atoms with van der Waals surface area (Å²) in [6.45, 7) is 5.73. The molecule has 0 fully saturated rings. The molecule has 0 aromatic rings. The summed E-state index contributed by atoms with van der Waals surface area (Å²) in [5, 5.41) is 0. The molecule has 0 spiro atoms. The molecule has 0 aliphatic carbocycles. The SMILES string of the molecule is CCOCCCC(C)NN. The van der Waals surface area contributed by atoms with Gasteiger partial charge < -0.3 is 4.74 Å². The topological polar surface area (TPSA) is 47.3 Å². The van der Waals surface area contributed by atoms with Gasteiger partial charge in [-0.05, 0) is 26.7 Å². The molecule has 0 heterocycles. The van der Waals surface area contributed by atoms with Crippen LogP contribution in [0.5, 0.6) is 0 Å². The fraction of sp³-hybridized carbons (Fsp3) is 1.00. The lowest BCUT2D eigenvalue weighted by molar-refractivity contribution is 0.141. The van der Waals surface area contributed by atoms with E-state index in [1.54, 1.807) is 0 Å². The fourth-order valence-electron chi connectivity index (χ4n) is 0.719. The van der Waals surface area contributed by atoms with Gasteiger partial charge in [0.05, 0.1) is 0 Å². The minimum Gasteiger partial charge on any atom is -0.382 e. The minimum absolute atomic E-state index is 0.403. The molecule has 0 aliphatic heterocycles. The van der Waals surface area contributed by atoms with Crippen LogP contribution in [0, 0.1) is 0 Å². The lowest BCUT2D eigenvalue weighted by Crippen LogP contribution is -2.32. The summed E-state index contributed by atoms with van der Waals surface area (Å²) in [5.41, 5.74) is 2.69. The highest BCUT2D eigenvalue weighted by Crippen LogP contribution is 1.94. The van der Waals surface area contributed by atoms with E-state index >= 15 is 0 Å². The molecule has 0 saturated carbocycles. The molecule has 0 radical (unpaired) electrons. The molecule has 10 heavy (non-hydrogen) atoms. The number of hydrogen-bond acceptors (Lipinski definition) is 3. The van der Waals surface area contributed by atoms with E-state index in [4.69, 9.17) is 10.6 Å². The minimum atomic E-state index is 0.403. The third kappa shape index (κ3) is 6.01. The quantitative estimate of drug-likeness (QED) is 0.329. The van der Waals surface area contributed by atoms with Crippen LogP contribution in [0.1, 0.15) is 26.7 Å². The van der Waals surface area contributed by atoms with Gasteiger partial charge in [-0.25, -0.2) is 0 Å². The van der Waals surface area contributed by atoms with Crippen molar-refractivity contribution in [1.29, 1.82) is 0 Å². The van der Waals surface area contributed by atoms with Crippen LogP contribution >= 0.6 is 0 Å². The molecular weight excluding hydrogens is 128 g/mol. The van der Waals surface area contributed by atoms with Gasteiger partial charge in [0, 0.05) is 19.3 Å². The normalized spacial score (nSPS) is 13.5. The molecule has 0 bridgehead atoms. The average molecular weight is 146 g/mol. The summed E-state index contributed by atoms with van der Waals surface area (Å²) in [4.78, 5) is 0. The second-order valence-corrected chi connectivity index (χ2v) is 2.41. The maximum Gasteiger partial charge on any atom is 0.0466 e.